The first kappa shape index (κ1) is 16.1. The maximum absolute atomic E-state index is 11.6. The van der Waals surface area contributed by atoms with Gasteiger partial charge in [0, 0.05) is 11.3 Å². The van der Waals surface area contributed by atoms with Crippen LogP contribution in [0.25, 0.3) is 0 Å². The van der Waals surface area contributed by atoms with Crippen molar-refractivity contribution in [1.82, 2.24) is 0 Å². The molecule has 0 heterocycles. The first-order valence-electron chi connectivity index (χ1n) is 5.77. The van der Waals surface area contributed by atoms with Crippen LogP contribution in [0.2, 0.25) is 0 Å². The SMILES string of the molecule is CCS(=O)(=O)Nc1ccc(C(=O)COCC(=O)O)cc1. The van der Waals surface area contributed by atoms with E-state index in [4.69, 9.17) is 5.11 Å². The Labute approximate surface area is 116 Å². The van der Waals surface area contributed by atoms with E-state index >= 15 is 0 Å². The third-order valence-corrected chi connectivity index (χ3v) is 3.63. The molecule has 0 fully saturated rings. The second-order valence-corrected chi connectivity index (χ2v) is 5.90. The molecule has 0 saturated carbocycles. The molecule has 1 aromatic carbocycles. The van der Waals surface area contributed by atoms with Crippen molar-refractivity contribution < 1.29 is 27.9 Å². The zero-order valence-corrected chi connectivity index (χ0v) is 11.6. The first-order chi connectivity index (χ1) is 9.34. The molecule has 0 aliphatic carbocycles. The number of carbonyl (C=O) groups is 2. The van der Waals surface area contributed by atoms with Crippen molar-refractivity contribution in [2.75, 3.05) is 23.7 Å². The molecule has 0 radical (unpaired) electrons. The Morgan fingerprint density at radius 2 is 1.80 bits per heavy atom. The molecule has 8 heteroatoms. The highest BCUT2D eigenvalue weighted by Crippen LogP contribution is 2.12. The summed E-state index contributed by atoms with van der Waals surface area (Å²) < 4.78 is 29.7. The highest BCUT2D eigenvalue weighted by atomic mass is 32.2. The molecule has 7 nitrogen and oxygen atoms in total. The van der Waals surface area contributed by atoms with Gasteiger partial charge in [-0.25, -0.2) is 13.2 Å². The number of ether oxygens (including phenoxy) is 1. The van der Waals surface area contributed by atoms with Gasteiger partial charge in [-0.05, 0) is 31.2 Å². The van der Waals surface area contributed by atoms with Crippen molar-refractivity contribution in [3.63, 3.8) is 0 Å². The molecule has 0 aliphatic rings. The second kappa shape index (κ2) is 7.01. The fourth-order valence-electron chi connectivity index (χ4n) is 1.29. The fraction of sp³-hybridized carbons (Fsp3) is 0.333. The molecular weight excluding hydrogens is 286 g/mol. The molecular formula is C12H15NO6S. The Morgan fingerprint density at radius 3 is 2.30 bits per heavy atom. The van der Waals surface area contributed by atoms with Crippen LogP contribution in [0.15, 0.2) is 24.3 Å². The number of carboxylic acid groups (broad SMARTS) is 1. The fourth-order valence-corrected chi connectivity index (χ4v) is 1.93. The van der Waals surface area contributed by atoms with Crippen LogP contribution < -0.4 is 4.72 Å². The molecule has 20 heavy (non-hydrogen) atoms. The molecule has 0 saturated heterocycles. The average molecular weight is 301 g/mol. The van der Waals surface area contributed by atoms with E-state index in [1.54, 1.807) is 0 Å². The molecule has 0 amide bonds. The zero-order valence-electron chi connectivity index (χ0n) is 10.8. The van der Waals surface area contributed by atoms with Gasteiger partial charge < -0.3 is 9.84 Å². The van der Waals surface area contributed by atoms with Crippen molar-refractivity contribution in [2.24, 2.45) is 0 Å². The lowest BCUT2D eigenvalue weighted by Crippen LogP contribution is -2.15. The minimum Gasteiger partial charge on any atom is -0.480 e. The van der Waals surface area contributed by atoms with E-state index < -0.39 is 22.6 Å². The van der Waals surface area contributed by atoms with Gasteiger partial charge in [-0.3, -0.25) is 9.52 Å². The van der Waals surface area contributed by atoms with E-state index in [-0.39, 0.29) is 18.1 Å². The molecule has 1 rings (SSSR count). The number of nitrogens with one attached hydrogen (secondary N) is 1. The monoisotopic (exact) mass is 301 g/mol. The summed E-state index contributed by atoms with van der Waals surface area (Å²) in [6, 6.07) is 5.80. The van der Waals surface area contributed by atoms with E-state index in [0.29, 0.717) is 11.3 Å². The summed E-state index contributed by atoms with van der Waals surface area (Å²) in [6.07, 6.45) is 0. The number of Topliss-reactive ketones (excluding diaryl/α,β-unsaturated/α-hetero) is 1. The van der Waals surface area contributed by atoms with E-state index in [1.165, 1.54) is 31.2 Å². The van der Waals surface area contributed by atoms with Crippen LogP contribution in [0.1, 0.15) is 17.3 Å². The van der Waals surface area contributed by atoms with Gasteiger partial charge in [0.05, 0.1) is 5.75 Å². The van der Waals surface area contributed by atoms with Crippen molar-refractivity contribution in [2.45, 2.75) is 6.92 Å². The Bertz CT molecular complexity index is 578. The predicted molar refractivity (Wildman–Crippen MR) is 72.3 cm³/mol. The summed E-state index contributed by atoms with van der Waals surface area (Å²) in [6.45, 7) is 0.631. The number of sulfonamides is 1. The number of carbonyl (C=O) groups excluding carboxylic acids is 1. The largest absolute Gasteiger partial charge is 0.480 e. The molecule has 0 unspecified atom stereocenters. The summed E-state index contributed by atoms with van der Waals surface area (Å²) in [5, 5.41) is 8.36. The Morgan fingerprint density at radius 1 is 1.20 bits per heavy atom. The van der Waals surface area contributed by atoms with Crippen molar-refractivity contribution >= 4 is 27.5 Å². The number of hydrogen-bond acceptors (Lipinski definition) is 5. The summed E-state index contributed by atoms with van der Waals surface area (Å²) >= 11 is 0. The minimum atomic E-state index is -3.35. The summed E-state index contributed by atoms with van der Waals surface area (Å²) in [5.74, 6) is -1.57. The Kier molecular flexibility index (Phi) is 5.66. The van der Waals surface area contributed by atoms with Crippen molar-refractivity contribution in [3.05, 3.63) is 29.8 Å². The van der Waals surface area contributed by atoms with Gasteiger partial charge >= 0.3 is 5.97 Å². The maximum Gasteiger partial charge on any atom is 0.329 e. The molecule has 1 aromatic rings. The van der Waals surface area contributed by atoms with E-state index in [9.17, 15) is 18.0 Å². The summed E-state index contributed by atoms with van der Waals surface area (Å²) in [4.78, 5) is 21.8. The van der Waals surface area contributed by atoms with E-state index in [2.05, 4.69) is 9.46 Å². The van der Waals surface area contributed by atoms with Gasteiger partial charge in [-0.1, -0.05) is 0 Å². The van der Waals surface area contributed by atoms with Gasteiger partial charge in [0.1, 0.15) is 13.2 Å². The second-order valence-electron chi connectivity index (χ2n) is 3.89. The lowest BCUT2D eigenvalue weighted by Gasteiger charge is -2.06. The van der Waals surface area contributed by atoms with Gasteiger partial charge in [0.25, 0.3) is 0 Å². The Hall–Kier alpha value is -1.93. The van der Waals surface area contributed by atoms with E-state index in [0.717, 1.165) is 0 Å². The lowest BCUT2D eigenvalue weighted by atomic mass is 10.1. The quantitative estimate of drug-likeness (QED) is 0.685. The van der Waals surface area contributed by atoms with Crippen molar-refractivity contribution in [1.29, 1.82) is 0 Å². The van der Waals surface area contributed by atoms with Crippen LogP contribution >= 0.6 is 0 Å². The van der Waals surface area contributed by atoms with Gasteiger partial charge in [-0.2, -0.15) is 0 Å². The van der Waals surface area contributed by atoms with Crippen LogP contribution in [0, 0.1) is 0 Å². The molecule has 0 bridgehead atoms. The zero-order chi connectivity index (χ0) is 15.2. The average Bonchev–Trinajstić information content (AvgIpc) is 2.38. The topological polar surface area (TPSA) is 110 Å². The summed E-state index contributed by atoms with van der Waals surface area (Å²) in [5.41, 5.74) is 0.671. The van der Waals surface area contributed by atoms with Crippen LogP contribution in [-0.2, 0) is 19.6 Å². The minimum absolute atomic E-state index is 0.0449. The Balaban J connectivity index is 2.62. The number of benzene rings is 1. The molecule has 0 atom stereocenters. The normalized spacial score (nSPS) is 11.1. The predicted octanol–water partition coefficient (Wildman–Crippen LogP) is 0.732. The molecule has 0 spiro atoms. The highest BCUT2D eigenvalue weighted by Gasteiger charge is 2.09. The standard InChI is InChI=1S/C12H15NO6S/c1-2-20(17,18)13-10-5-3-9(4-6-10)11(14)7-19-8-12(15)16/h3-6,13H,2,7-8H2,1H3,(H,15,16). The van der Waals surface area contributed by atoms with Gasteiger partial charge in [0.2, 0.25) is 10.0 Å². The number of ketones is 1. The molecule has 110 valence electrons. The van der Waals surface area contributed by atoms with Crippen LogP contribution in [-0.4, -0.2) is 44.2 Å². The number of carboxylic acids is 1. The third-order valence-electron chi connectivity index (χ3n) is 2.32. The number of anilines is 1. The van der Waals surface area contributed by atoms with Gasteiger partial charge in [0.15, 0.2) is 5.78 Å². The van der Waals surface area contributed by atoms with Crippen LogP contribution in [0.5, 0.6) is 0 Å². The number of aliphatic carboxylic acids is 1. The first-order valence-corrected chi connectivity index (χ1v) is 7.42. The molecule has 0 aliphatic heterocycles. The number of rotatable bonds is 8. The smallest absolute Gasteiger partial charge is 0.329 e. The van der Waals surface area contributed by atoms with Crippen molar-refractivity contribution in [3.8, 4) is 0 Å². The third kappa shape index (κ3) is 5.37. The van der Waals surface area contributed by atoms with Crippen LogP contribution in [0.3, 0.4) is 0 Å². The van der Waals surface area contributed by atoms with Crippen LogP contribution in [0.4, 0.5) is 5.69 Å². The van der Waals surface area contributed by atoms with E-state index in [1.807, 2.05) is 0 Å². The highest BCUT2D eigenvalue weighted by molar-refractivity contribution is 7.92. The van der Waals surface area contributed by atoms with Gasteiger partial charge in [-0.15, -0.1) is 0 Å². The number of hydrogen-bond donors (Lipinski definition) is 2. The molecule has 0 aromatic heterocycles. The molecule has 2 N–H and O–H groups in total. The maximum atomic E-state index is 11.6. The summed E-state index contributed by atoms with van der Waals surface area (Å²) in [7, 11) is -3.35. The lowest BCUT2D eigenvalue weighted by molar-refractivity contribution is -0.141.